The summed E-state index contributed by atoms with van der Waals surface area (Å²) in [5, 5.41) is 12.8. The molecule has 0 radical (unpaired) electrons. The number of fused-ring (bicyclic) bond motifs is 1. The molecule has 8 heteroatoms. The van der Waals surface area contributed by atoms with E-state index in [4.69, 9.17) is 4.74 Å². The number of methoxy groups -OCH3 is 1. The van der Waals surface area contributed by atoms with Crippen LogP contribution in [0.3, 0.4) is 0 Å². The van der Waals surface area contributed by atoms with Gasteiger partial charge in [-0.3, -0.25) is 4.79 Å². The number of nitrogens with zero attached hydrogens (tertiary/aromatic N) is 6. The Morgan fingerprint density at radius 1 is 1.14 bits per heavy atom. The zero-order valence-electron chi connectivity index (χ0n) is 16.4. The standard InChI is InChI=1S/C20H24N6O2/c1-14(2)16-12-17(19-22-21-13-26(19)23-16)24-8-10-25(11-9-24)20(27)15-6-4-5-7-18(15)28-3/h4-7,12-14H,8-11H2,1-3H3. The number of aromatic nitrogens is 4. The molecule has 1 aromatic carbocycles. The van der Waals surface area contributed by atoms with E-state index in [1.165, 1.54) is 0 Å². The van der Waals surface area contributed by atoms with Gasteiger partial charge in [0.05, 0.1) is 24.1 Å². The van der Waals surface area contributed by atoms with Gasteiger partial charge in [-0.2, -0.15) is 9.61 Å². The van der Waals surface area contributed by atoms with Crippen LogP contribution < -0.4 is 9.64 Å². The highest BCUT2D eigenvalue weighted by molar-refractivity contribution is 5.97. The van der Waals surface area contributed by atoms with Crippen molar-refractivity contribution in [2.45, 2.75) is 19.8 Å². The number of carbonyl (C=O) groups is 1. The minimum absolute atomic E-state index is 0.00215. The minimum Gasteiger partial charge on any atom is -0.496 e. The summed E-state index contributed by atoms with van der Waals surface area (Å²) in [6.45, 7) is 6.96. The molecule has 1 aliphatic heterocycles. The van der Waals surface area contributed by atoms with Crippen LogP contribution in [-0.4, -0.2) is 63.9 Å². The van der Waals surface area contributed by atoms with Crippen molar-refractivity contribution < 1.29 is 9.53 Å². The highest BCUT2D eigenvalue weighted by atomic mass is 16.5. The van der Waals surface area contributed by atoms with Gasteiger partial charge in [0.2, 0.25) is 5.65 Å². The number of para-hydroxylation sites is 1. The van der Waals surface area contributed by atoms with E-state index in [-0.39, 0.29) is 5.91 Å². The van der Waals surface area contributed by atoms with E-state index in [9.17, 15) is 4.79 Å². The summed E-state index contributed by atoms with van der Waals surface area (Å²) in [7, 11) is 1.59. The highest BCUT2D eigenvalue weighted by Crippen LogP contribution is 2.26. The number of hydrogen-bond acceptors (Lipinski definition) is 6. The lowest BCUT2D eigenvalue weighted by atomic mass is 10.1. The molecule has 0 atom stereocenters. The smallest absolute Gasteiger partial charge is 0.257 e. The van der Waals surface area contributed by atoms with Crippen LogP contribution >= 0.6 is 0 Å². The Labute approximate surface area is 163 Å². The molecule has 0 spiro atoms. The van der Waals surface area contributed by atoms with Crippen molar-refractivity contribution in [3.63, 3.8) is 0 Å². The highest BCUT2D eigenvalue weighted by Gasteiger charge is 2.26. The summed E-state index contributed by atoms with van der Waals surface area (Å²) in [4.78, 5) is 17.1. The molecule has 0 bridgehead atoms. The summed E-state index contributed by atoms with van der Waals surface area (Å²) >= 11 is 0. The molecule has 28 heavy (non-hydrogen) atoms. The van der Waals surface area contributed by atoms with Gasteiger partial charge in [-0.15, -0.1) is 10.2 Å². The largest absolute Gasteiger partial charge is 0.496 e. The van der Waals surface area contributed by atoms with E-state index in [1.807, 2.05) is 29.2 Å². The van der Waals surface area contributed by atoms with E-state index in [2.05, 4.69) is 40.1 Å². The number of carbonyl (C=O) groups excluding carboxylic acids is 1. The third-order valence-corrected chi connectivity index (χ3v) is 5.10. The molecular weight excluding hydrogens is 356 g/mol. The Kier molecular flexibility index (Phi) is 4.85. The van der Waals surface area contributed by atoms with Crippen molar-refractivity contribution in [1.29, 1.82) is 0 Å². The van der Waals surface area contributed by atoms with Gasteiger partial charge in [-0.25, -0.2) is 0 Å². The first kappa shape index (κ1) is 18.2. The average molecular weight is 380 g/mol. The van der Waals surface area contributed by atoms with Crippen LogP contribution in [0.25, 0.3) is 5.65 Å². The van der Waals surface area contributed by atoms with Gasteiger partial charge in [0, 0.05) is 26.2 Å². The Hall–Kier alpha value is -3.16. The first-order valence-electron chi connectivity index (χ1n) is 9.46. The van der Waals surface area contributed by atoms with Crippen molar-refractivity contribution in [1.82, 2.24) is 24.7 Å². The number of hydrogen-bond donors (Lipinski definition) is 0. The van der Waals surface area contributed by atoms with Gasteiger partial charge >= 0.3 is 0 Å². The van der Waals surface area contributed by atoms with Crippen LogP contribution in [-0.2, 0) is 0 Å². The fraction of sp³-hybridized carbons (Fsp3) is 0.400. The lowest BCUT2D eigenvalue weighted by Crippen LogP contribution is -2.49. The molecule has 1 fully saturated rings. The van der Waals surface area contributed by atoms with Crippen LogP contribution in [0.15, 0.2) is 36.7 Å². The minimum atomic E-state index is 0.00215. The summed E-state index contributed by atoms with van der Waals surface area (Å²) in [6.07, 6.45) is 1.63. The van der Waals surface area contributed by atoms with Crippen molar-refractivity contribution in [3.05, 3.63) is 47.9 Å². The summed E-state index contributed by atoms with van der Waals surface area (Å²) in [5.74, 6) is 0.914. The maximum absolute atomic E-state index is 12.9. The number of anilines is 1. The molecule has 0 N–H and O–H groups in total. The van der Waals surface area contributed by atoms with Crippen LogP contribution in [0.2, 0.25) is 0 Å². The summed E-state index contributed by atoms with van der Waals surface area (Å²) < 4.78 is 7.07. The van der Waals surface area contributed by atoms with Gasteiger partial charge in [0.1, 0.15) is 12.1 Å². The van der Waals surface area contributed by atoms with Gasteiger partial charge in [-0.05, 0) is 24.1 Å². The predicted octanol–water partition coefficient (Wildman–Crippen LogP) is 2.22. The second kappa shape index (κ2) is 7.46. The van der Waals surface area contributed by atoms with E-state index in [0.29, 0.717) is 30.3 Å². The Morgan fingerprint density at radius 2 is 1.89 bits per heavy atom. The van der Waals surface area contributed by atoms with Crippen LogP contribution in [0.4, 0.5) is 5.69 Å². The molecular formula is C20H24N6O2. The zero-order valence-corrected chi connectivity index (χ0v) is 16.4. The molecule has 146 valence electrons. The SMILES string of the molecule is COc1ccccc1C(=O)N1CCN(c2cc(C(C)C)nn3cnnc23)CC1. The summed E-state index contributed by atoms with van der Waals surface area (Å²) in [5.41, 5.74) is 3.36. The quantitative estimate of drug-likeness (QED) is 0.691. The average Bonchev–Trinajstić information content (AvgIpc) is 3.21. The summed E-state index contributed by atoms with van der Waals surface area (Å²) in [6, 6.07) is 9.44. The van der Waals surface area contributed by atoms with E-state index >= 15 is 0 Å². The molecule has 0 aliphatic carbocycles. The van der Waals surface area contributed by atoms with E-state index in [0.717, 1.165) is 30.1 Å². The fourth-order valence-electron chi connectivity index (χ4n) is 3.49. The third kappa shape index (κ3) is 3.26. The second-order valence-electron chi connectivity index (χ2n) is 7.19. The van der Waals surface area contributed by atoms with Crippen molar-refractivity contribution >= 4 is 17.2 Å². The topological polar surface area (TPSA) is 75.9 Å². The van der Waals surface area contributed by atoms with E-state index < -0.39 is 0 Å². The third-order valence-electron chi connectivity index (χ3n) is 5.10. The second-order valence-corrected chi connectivity index (χ2v) is 7.19. The maximum atomic E-state index is 12.9. The molecule has 3 heterocycles. The fourth-order valence-corrected chi connectivity index (χ4v) is 3.49. The number of benzene rings is 1. The molecule has 0 unspecified atom stereocenters. The van der Waals surface area contributed by atoms with Gasteiger partial charge < -0.3 is 14.5 Å². The number of ether oxygens (including phenoxy) is 1. The predicted molar refractivity (Wildman–Crippen MR) is 106 cm³/mol. The van der Waals surface area contributed by atoms with E-state index in [1.54, 1.807) is 18.0 Å². The monoisotopic (exact) mass is 380 g/mol. The molecule has 1 amide bonds. The molecule has 8 nitrogen and oxygen atoms in total. The van der Waals surface area contributed by atoms with Crippen molar-refractivity contribution in [2.75, 3.05) is 38.2 Å². The molecule has 4 rings (SSSR count). The molecule has 2 aromatic heterocycles. The molecule has 1 saturated heterocycles. The van der Waals surface area contributed by atoms with Crippen LogP contribution in [0.1, 0.15) is 35.8 Å². The maximum Gasteiger partial charge on any atom is 0.257 e. The molecule has 0 saturated carbocycles. The lowest BCUT2D eigenvalue weighted by molar-refractivity contribution is 0.0743. The van der Waals surface area contributed by atoms with Gasteiger partial charge in [-0.1, -0.05) is 26.0 Å². The first-order valence-corrected chi connectivity index (χ1v) is 9.46. The normalized spacial score (nSPS) is 14.7. The molecule has 1 aliphatic rings. The Balaban J connectivity index is 1.54. The van der Waals surface area contributed by atoms with Crippen LogP contribution in [0.5, 0.6) is 5.75 Å². The zero-order chi connectivity index (χ0) is 19.7. The van der Waals surface area contributed by atoms with Crippen LogP contribution in [0, 0.1) is 0 Å². The number of rotatable bonds is 4. The van der Waals surface area contributed by atoms with Gasteiger partial charge in [0.25, 0.3) is 5.91 Å². The van der Waals surface area contributed by atoms with Gasteiger partial charge in [0.15, 0.2) is 0 Å². The molecule has 3 aromatic rings. The Morgan fingerprint density at radius 3 is 2.61 bits per heavy atom. The van der Waals surface area contributed by atoms with Crippen molar-refractivity contribution in [3.8, 4) is 5.75 Å². The lowest BCUT2D eigenvalue weighted by Gasteiger charge is -2.36. The first-order chi connectivity index (χ1) is 13.6. The Bertz CT molecular complexity index is 991. The number of amides is 1. The number of piperazine rings is 1. The van der Waals surface area contributed by atoms with Crippen molar-refractivity contribution in [2.24, 2.45) is 0 Å².